The van der Waals surface area contributed by atoms with Crippen LogP contribution in [0, 0.1) is 17.3 Å². The van der Waals surface area contributed by atoms with Crippen LogP contribution in [0.5, 0.6) is 0 Å². The average molecular weight is 396 g/mol. The number of aliphatic hydroxyl groups excluding tert-OH is 4. The van der Waals surface area contributed by atoms with E-state index in [1.54, 1.807) is 6.08 Å². The van der Waals surface area contributed by atoms with Gasteiger partial charge in [-0.15, -0.1) is 0 Å². The van der Waals surface area contributed by atoms with Crippen LogP contribution in [0.15, 0.2) is 23.5 Å². The van der Waals surface area contributed by atoms with E-state index in [-0.39, 0.29) is 17.1 Å². The van der Waals surface area contributed by atoms with Gasteiger partial charge in [0.15, 0.2) is 5.78 Å². The fourth-order valence-electron chi connectivity index (χ4n) is 4.71. The number of rotatable bonds is 4. The summed E-state index contributed by atoms with van der Waals surface area (Å²) in [4.78, 5) is 12.7. The summed E-state index contributed by atoms with van der Waals surface area (Å²) >= 11 is 0. The number of carbonyl (C=O) groups excluding carboxylic acids is 1. The molecule has 28 heavy (non-hydrogen) atoms. The molecule has 0 radical (unpaired) electrons. The van der Waals surface area contributed by atoms with Gasteiger partial charge < -0.3 is 29.9 Å². The monoisotopic (exact) mass is 396 g/mol. The van der Waals surface area contributed by atoms with Crippen molar-refractivity contribution in [1.82, 2.24) is 0 Å². The highest BCUT2D eigenvalue weighted by molar-refractivity contribution is 5.95. The Kier molecular flexibility index (Phi) is 6.32. The largest absolute Gasteiger partial charge is 0.470 e. The van der Waals surface area contributed by atoms with E-state index in [9.17, 15) is 25.2 Å². The predicted octanol–water partition coefficient (Wildman–Crippen LogP) is 1.05. The first kappa shape index (κ1) is 21.5. The Labute approximate surface area is 165 Å². The minimum absolute atomic E-state index is 0.00489. The Morgan fingerprint density at radius 3 is 2.71 bits per heavy atom. The molecule has 1 saturated heterocycles. The van der Waals surface area contributed by atoms with Crippen LogP contribution in [0.2, 0.25) is 0 Å². The minimum Gasteiger partial charge on any atom is -0.470 e. The fourth-order valence-corrected chi connectivity index (χ4v) is 4.71. The van der Waals surface area contributed by atoms with E-state index in [1.807, 2.05) is 6.92 Å². The Bertz CT molecular complexity index is 655. The number of hydrogen-bond acceptors (Lipinski definition) is 7. The van der Waals surface area contributed by atoms with Crippen LogP contribution in [0.3, 0.4) is 0 Å². The maximum atomic E-state index is 12.7. The lowest BCUT2D eigenvalue weighted by Gasteiger charge is -2.46. The summed E-state index contributed by atoms with van der Waals surface area (Å²) < 4.78 is 10.9. The zero-order valence-corrected chi connectivity index (χ0v) is 16.7. The molecule has 0 aromatic heterocycles. The van der Waals surface area contributed by atoms with E-state index >= 15 is 0 Å². The molecule has 7 heteroatoms. The van der Waals surface area contributed by atoms with Crippen molar-refractivity contribution in [2.24, 2.45) is 17.3 Å². The maximum absolute atomic E-state index is 12.7. The van der Waals surface area contributed by atoms with Gasteiger partial charge in [0.25, 0.3) is 0 Å². The molecule has 1 aliphatic heterocycles. The summed E-state index contributed by atoms with van der Waals surface area (Å²) in [7, 11) is 0. The molecule has 0 amide bonds. The third-order valence-corrected chi connectivity index (χ3v) is 6.98. The van der Waals surface area contributed by atoms with Gasteiger partial charge >= 0.3 is 0 Å². The highest BCUT2D eigenvalue weighted by atomic mass is 16.7. The molecule has 0 unspecified atom stereocenters. The zero-order valence-electron chi connectivity index (χ0n) is 16.7. The fraction of sp³-hybridized carbons (Fsp3) is 0.762. The molecule has 0 aromatic rings. The van der Waals surface area contributed by atoms with Crippen molar-refractivity contribution in [3.8, 4) is 0 Å². The van der Waals surface area contributed by atoms with Crippen molar-refractivity contribution in [3.63, 3.8) is 0 Å². The molecular formula is C21H32O7. The molecule has 7 nitrogen and oxygen atoms in total. The summed E-state index contributed by atoms with van der Waals surface area (Å²) in [5.41, 5.74) is 1.96. The molecule has 1 heterocycles. The minimum atomic E-state index is -1.49. The molecule has 4 N–H and O–H groups in total. The van der Waals surface area contributed by atoms with Crippen LogP contribution in [0.4, 0.5) is 0 Å². The van der Waals surface area contributed by atoms with Crippen molar-refractivity contribution in [1.29, 1.82) is 0 Å². The zero-order chi connectivity index (χ0) is 20.6. The third-order valence-electron chi connectivity index (χ3n) is 6.98. The van der Waals surface area contributed by atoms with Crippen LogP contribution in [0.1, 0.15) is 46.5 Å². The van der Waals surface area contributed by atoms with Crippen molar-refractivity contribution < 1.29 is 34.7 Å². The number of aliphatic hydroxyl groups is 4. The number of carbonyl (C=O) groups is 1. The van der Waals surface area contributed by atoms with Gasteiger partial charge in [-0.3, -0.25) is 4.79 Å². The standard InChI is InChI=1S/C21H32O7/c1-11(10-27-20-19(26)18(25)17(24)16(9-22)28-20)14-8-21(3)12(2)5-4-6-13(21)7-15(14)23/h7,10,12,14,16-20,22,24-26H,4-6,8-9H2,1-3H3/b11-10+/t12-,14-,16+,17+,18-,19+,20+,21+/m0/s1. The van der Waals surface area contributed by atoms with Crippen LogP contribution >= 0.6 is 0 Å². The van der Waals surface area contributed by atoms with Crippen molar-refractivity contribution >= 4 is 5.78 Å². The number of allylic oxidation sites excluding steroid dienone is 3. The second-order valence-electron chi connectivity index (χ2n) is 8.73. The first-order chi connectivity index (χ1) is 13.2. The lowest BCUT2D eigenvalue weighted by Crippen LogP contribution is -2.58. The highest BCUT2D eigenvalue weighted by Crippen LogP contribution is 2.52. The van der Waals surface area contributed by atoms with E-state index in [2.05, 4.69) is 13.8 Å². The third kappa shape index (κ3) is 3.78. The molecular weight excluding hydrogens is 364 g/mol. The molecule has 1 saturated carbocycles. The van der Waals surface area contributed by atoms with E-state index in [0.717, 1.165) is 31.3 Å². The average Bonchev–Trinajstić information content (AvgIpc) is 2.67. The van der Waals surface area contributed by atoms with Gasteiger partial charge in [0, 0.05) is 5.92 Å². The number of ketones is 1. The Balaban J connectivity index is 1.73. The lowest BCUT2D eigenvalue weighted by atomic mass is 9.58. The first-order valence-electron chi connectivity index (χ1n) is 10.1. The van der Waals surface area contributed by atoms with Crippen molar-refractivity contribution in [2.75, 3.05) is 6.61 Å². The van der Waals surface area contributed by atoms with Crippen molar-refractivity contribution in [2.45, 2.75) is 77.2 Å². The number of ether oxygens (including phenoxy) is 2. The van der Waals surface area contributed by atoms with Crippen LogP contribution < -0.4 is 0 Å². The van der Waals surface area contributed by atoms with Crippen LogP contribution in [0.25, 0.3) is 0 Å². The summed E-state index contributed by atoms with van der Waals surface area (Å²) in [6.45, 7) is 5.76. The van der Waals surface area contributed by atoms with Crippen molar-refractivity contribution in [3.05, 3.63) is 23.5 Å². The Morgan fingerprint density at radius 2 is 2.04 bits per heavy atom. The molecule has 158 valence electrons. The summed E-state index contributed by atoms with van der Waals surface area (Å²) in [5.74, 6) is 0.258. The van der Waals surface area contributed by atoms with E-state index in [1.165, 1.54) is 11.8 Å². The summed E-state index contributed by atoms with van der Waals surface area (Å²) in [5, 5.41) is 39.0. The van der Waals surface area contributed by atoms with Gasteiger partial charge in [0.2, 0.25) is 6.29 Å². The molecule has 8 atom stereocenters. The molecule has 2 fully saturated rings. The lowest BCUT2D eigenvalue weighted by molar-refractivity contribution is -0.288. The maximum Gasteiger partial charge on any atom is 0.228 e. The van der Waals surface area contributed by atoms with E-state index in [4.69, 9.17) is 9.47 Å². The quantitative estimate of drug-likeness (QED) is 0.525. The second-order valence-corrected chi connectivity index (χ2v) is 8.73. The predicted molar refractivity (Wildman–Crippen MR) is 101 cm³/mol. The number of hydrogen-bond donors (Lipinski definition) is 4. The van der Waals surface area contributed by atoms with E-state index in [0.29, 0.717) is 5.92 Å². The SMILES string of the molecule is C/C(=C\O[C@@H]1O[C@H](CO)[C@@H](O)[C@H](O)[C@H]1O)[C@@H]1C[C@@]2(C)C(=CC1=O)CCC[C@@H]2C. The van der Waals surface area contributed by atoms with Gasteiger partial charge in [0.05, 0.1) is 12.9 Å². The highest BCUT2D eigenvalue weighted by Gasteiger charge is 2.46. The molecule has 2 aliphatic carbocycles. The second kappa shape index (κ2) is 8.24. The Morgan fingerprint density at radius 1 is 1.32 bits per heavy atom. The number of fused-ring (bicyclic) bond motifs is 1. The molecule has 0 aromatic carbocycles. The Hall–Kier alpha value is -1.25. The summed E-state index contributed by atoms with van der Waals surface area (Å²) in [6.07, 6.45) is 0.512. The van der Waals surface area contributed by atoms with E-state index < -0.39 is 37.3 Å². The van der Waals surface area contributed by atoms with Gasteiger partial charge in [-0.25, -0.2) is 0 Å². The van der Waals surface area contributed by atoms with Gasteiger partial charge in [-0.05, 0) is 55.6 Å². The van der Waals surface area contributed by atoms with Gasteiger partial charge in [-0.2, -0.15) is 0 Å². The molecule has 0 bridgehead atoms. The normalized spacial score (nSPS) is 44.7. The molecule has 3 aliphatic rings. The smallest absolute Gasteiger partial charge is 0.228 e. The topological polar surface area (TPSA) is 116 Å². The van der Waals surface area contributed by atoms with Crippen LogP contribution in [-0.2, 0) is 14.3 Å². The summed E-state index contributed by atoms with van der Waals surface area (Å²) in [6, 6.07) is 0. The molecule has 3 rings (SSSR count). The van der Waals surface area contributed by atoms with Crippen LogP contribution in [-0.4, -0.2) is 63.5 Å². The first-order valence-corrected chi connectivity index (χ1v) is 10.1. The van der Waals surface area contributed by atoms with Gasteiger partial charge in [0.1, 0.15) is 24.4 Å². The molecule has 0 spiro atoms. The van der Waals surface area contributed by atoms with Gasteiger partial charge in [-0.1, -0.05) is 19.4 Å².